The molecule has 9 heteroatoms. The first-order valence-corrected chi connectivity index (χ1v) is 11.0. The molecule has 0 radical (unpaired) electrons. The van der Waals surface area contributed by atoms with E-state index < -0.39 is 0 Å². The molecule has 1 fully saturated rings. The molecule has 1 saturated heterocycles. The zero-order chi connectivity index (χ0) is 22.8. The van der Waals surface area contributed by atoms with E-state index in [0.717, 1.165) is 58.5 Å². The number of aryl methyl sites for hydroxylation is 3. The lowest BCUT2D eigenvalue weighted by molar-refractivity contribution is 0.000245. The van der Waals surface area contributed by atoms with Gasteiger partial charge in [-0.25, -0.2) is 14.5 Å². The van der Waals surface area contributed by atoms with Crippen LogP contribution in [-0.2, 0) is 4.74 Å². The number of morpholine rings is 1. The van der Waals surface area contributed by atoms with E-state index in [1.165, 1.54) is 0 Å². The Bertz CT molecular complexity index is 1260. The molecule has 0 saturated carbocycles. The second-order valence-electron chi connectivity index (χ2n) is 8.21. The van der Waals surface area contributed by atoms with Crippen molar-refractivity contribution in [3.8, 4) is 16.9 Å². The molecule has 0 aromatic carbocycles. The molecule has 4 aromatic heterocycles. The Kier molecular flexibility index (Phi) is 5.89. The van der Waals surface area contributed by atoms with E-state index in [-0.39, 0.29) is 6.10 Å². The maximum absolute atomic E-state index is 6.13. The molecule has 5 rings (SSSR count). The molecule has 9 nitrogen and oxygen atoms in total. The van der Waals surface area contributed by atoms with Crippen molar-refractivity contribution >= 4 is 17.2 Å². The number of hydrogen-bond acceptors (Lipinski definition) is 8. The number of aromatic nitrogens is 5. The van der Waals surface area contributed by atoms with Crippen molar-refractivity contribution < 1.29 is 9.47 Å². The van der Waals surface area contributed by atoms with E-state index in [4.69, 9.17) is 9.47 Å². The normalized spacial score (nSPS) is 16.2. The zero-order valence-electron chi connectivity index (χ0n) is 19.0. The number of nitrogens with zero attached hydrogens (tertiary/aromatic N) is 5. The van der Waals surface area contributed by atoms with Gasteiger partial charge in [-0.1, -0.05) is 0 Å². The van der Waals surface area contributed by atoms with Crippen LogP contribution >= 0.6 is 0 Å². The largest absolute Gasteiger partial charge is 0.489 e. The minimum Gasteiger partial charge on any atom is -0.489 e. The summed E-state index contributed by atoms with van der Waals surface area (Å²) in [6, 6.07) is 10.1. The molecule has 0 aliphatic carbocycles. The minimum absolute atomic E-state index is 0.0351. The van der Waals surface area contributed by atoms with Crippen molar-refractivity contribution in [3.05, 3.63) is 59.9 Å². The third-order valence-corrected chi connectivity index (χ3v) is 5.43. The van der Waals surface area contributed by atoms with Crippen LogP contribution in [0.15, 0.2) is 42.7 Å². The van der Waals surface area contributed by atoms with Crippen LogP contribution in [0.2, 0.25) is 0 Å². The van der Waals surface area contributed by atoms with Gasteiger partial charge in [-0.05, 0) is 44.5 Å². The monoisotopic (exact) mass is 445 g/mol. The molecule has 4 aromatic rings. The van der Waals surface area contributed by atoms with Crippen LogP contribution in [0.1, 0.15) is 17.2 Å². The number of nitrogens with one attached hydrogen (secondary N) is 2. The van der Waals surface area contributed by atoms with Crippen molar-refractivity contribution in [2.45, 2.75) is 26.9 Å². The molecular formula is C24H27N7O2. The molecule has 5 heterocycles. The van der Waals surface area contributed by atoms with E-state index in [9.17, 15) is 0 Å². The smallest absolute Gasteiger partial charge is 0.154 e. The van der Waals surface area contributed by atoms with Crippen molar-refractivity contribution in [2.24, 2.45) is 0 Å². The van der Waals surface area contributed by atoms with Gasteiger partial charge in [-0.2, -0.15) is 5.10 Å². The van der Waals surface area contributed by atoms with E-state index in [2.05, 4.69) is 36.8 Å². The molecule has 1 aliphatic heterocycles. The quantitative estimate of drug-likeness (QED) is 0.467. The fourth-order valence-corrected chi connectivity index (χ4v) is 3.93. The minimum atomic E-state index is 0.0351. The van der Waals surface area contributed by atoms with Gasteiger partial charge in [-0.3, -0.25) is 4.98 Å². The summed E-state index contributed by atoms with van der Waals surface area (Å²) in [6.07, 6.45) is 3.77. The van der Waals surface area contributed by atoms with E-state index in [1.807, 2.05) is 55.7 Å². The molecule has 1 atom stereocenters. The van der Waals surface area contributed by atoms with Gasteiger partial charge in [0.25, 0.3) is 0 Å². The van der Waals surface area contributed by atoms with Crippen LogP contribution in [0.4, 0.5) is 11.6 Å². The van der Waals surface area contributed by atoms with Gasteiger partial charge in [0.2, 0.25) is 0 Å². The van der Waals surface area contributed by atoms with Crippen molar-refractivity contribution in [1.82, 2.24) is 29.9 Å². The molecule has 1 aliphatic rings. The van der Waals surface area contributed by atoms with Crippen LogP contribution in [-0.4, -0.2) is 57.0 Å². The summed E-state index contributed by atoms with van der Waals surface area (Å²) in [4.78, 5) is 13.2. The Hall–Kier alpha value is -3.56. The summed E-state index contributed by atoms with van der Waals surface area (Å²) in [5.41, 5.74) is 4.82. The summed E-state index contributed by atoms with van der Waals surface area (Å²) >= 11 is 0. The first-order chi connectivity index (χ1) is 16.0. The SMILES string of the molecule is Cc1cc(-c2ccn3nc(Nc4cc(C)nc(C)n4)cc3c2)c(OC[C@@H]2CNCCO2)cn1. The number of fused-ring (bicyclic) bond motifs is 1. The Morgan fingerprint density at radius 2 is 2.03 bits per heavy atom. The topological polar surface area (TPSA) is 98.5 Å². The average molecular weight is 446 g/mol. The zero-order valence-corrected chi connectivity index (χ0v) is 19.0. The van der Waals surface area contributed by atoms with Crippen LogP contribution in [0, 0.1) is 20.8 Å². The Morgan fingerprint density at radius 3 is 2.85 bits per heavy atom. The molecule has 0 bridgehead atoms. The van der Waals surface area contributed by atoms with Gasteiger partial charge >= 0.3 is 0 Å². The molecule has 0 unspecified atom stereocenters. The van der Waals surface area contributed by atoms with Gasteiger partial charge in [0, 0.05) is 48.4 Å². The third-order valence-electron chi connectivity index (χ3n) is 5.43. The summed E-state index contributed by atoms with van der Waals surface area (Å²) in [5, 5.41) is 11.2. The molecular weight excluding hydrogens is 418 g/mol. The van der Waals surface area contributed by atoms with Gasteiger partial charge in [-0.15, -0.1) is 0 Å². The maximum atomic E-state index is 6.13. The van der Waals surface area contributed by atoms with Crippen LogP contribution in [0.5, 0.6) is 5.75 Å². The van der Waals surface area contributed by atoms with Crippen molar-refractivity contribution in [2.75, 3.05) is 31.6 Å². The average Bonchev–Trinajstić information content (AvgIpc) is 3.19. The van der Waals surface area contributed by atoms with E-state index in [1.54, 1.807) is 6.20 Å². The second-order valence-corrected chi connectivity index (χ2v) is 8.21. The predicted octanol–water partition coefficient (Wildman–Crippen LogP) is 3.22. The van der Waals surface area contributed by atoms with Gasteiger partial charge < -0.3 is 20.1 Å². The number of hydrogen-bond donors (Lipinski definition) is 2. The lowest BCUT2D eigenvalue weighted by atomic mass is 10.1. The summed E-state index contributed by atoms with van der Waals surface area (Å²) in [7, 11) is 0. The van der Waals surface area contributed by atoms with Gasteiger partial charge in [0.15, 0.2) is 5.82 Å². The third kappa shape index (κ3) is 4.94. The fraction of sp³-hybridized carbons (Fsp3) is 0.333. The Labute approximate surface area is 192 Å². The molecule has 0 amide bonds. The van der Waals surface area contributed by atoms with E-state index in [0.29, 0.717) is 19.0 Å². The Morgan fingerprint density at radius 1 is 1.12 bits per heavy atom. The van der Waals surface area contributed by atoms with E-state index >= 15 is 0 Å². The highest BCUT2D eigenvalue weighted by atomic mass is 16.5. The van der Waals surface area contributed by atoms with Gasteiger partial charge in [0.1, 0.15) is 30.1 Å². The molecule has 33 heavy (non-hydrogen) atoms. The standard InChI is InChI=1S/C24H27N7O2/c1-15-8-21(22(13-26-15)33-14-20-12-25-5-7-32-20)18-4-6-31-19(10-18)11-24(30-31)29-23-9-16(2)27-17(3)28-23/h4,6,8-11,13,20,25H,5,7,12,14H2,1-3H3,(H,27,28,29,30)/t20-/m0/s1. The molecule has 170 valence electrons. The van der Waals surface area contributed by atoms with Crippen molar-refractivity contribution in [3.63, 3.8) is 0 Å². The maximum Gasteiger partial charge on any atom is 0.154 e. The van der Waals surface area contributed by atoms with Crippen molar-refractivity contribution in [1.29, 1.82) is 0 Å². The van der Waals surface area contributed by atoms with Crippen LogP contribution < -0.4 is 15.4 Å². The molecule has 0 spiro atoms. The van der Waals surface area contributed by atoms with Crippen LogP contribution in [0.3, 0.4) is 0 Å². The molecule has 2 N–H and O–H groups in total. The lowest BCUT2D eigenvalue weighted by Crippen LogP contribution is -2.41. The summed E-state index contributed by atoms with van der Waals surface area (Å²) < 4.78 is 13.7. The lowest BCUT2D eigenvalue weighted by Gasteiger charge is -2.24. The van der Waals surface area contributed by atoms with Gasteiger partial charge in [0.05, 0.1) is 18.3 Å². The summed E-state index contributed by atoms with van der Waals surface area (Å²) in [5.74, 6) is 2.90. The number of rotatable bonds is 6. The highest BCUT2D eigenvalue weighted by Crippen LogP contribution is 2.31. The first kappa shape index (κ1) is 21.3. The van der Waals surface area contributed by atoms with Crippen LogP contribution in [0.25, 0.3) is 16.6 Å². The highest BCUT2D eigenvalue weighted by molar-refractivity contribution is 5.75. The Balaban J connectivity index is 1.40. The predicted molar refractivity (Wildman–Crippen MR) is 126 cm³/mol. The first-order valence-electron chi connectivity index (χ1n) is 11.0. The number of ether oxygens (including phenoxy) is 2. The highest BCUT2D eigenvalue weighted by Gasteiger charge is 2.16. The number of pyridine rings is 2. The fourth-order valence-electron chi connectivity index (χ4n) is 3.93. The summed E-state index contributed by atoms with van der Waals surface area (Å²) in [6.45, 7) is 8.65. The number of anilines is 2. The second kappa shape index (κ2) is 9.13.